The summed E-state index contributed by atoms with van der Waals surface area (Å²) in [6.45, 7) is 3.54. The number of nitrogens with zero attached hydrogens (tertiary/aromatic N) is 1. The number of hydrogen-bond donors (Lipinski definition) is 1. The van der Waals surface area contributed by atoms with Crippen molar-refractivity contribution in [1.29, 1.82) is 0 Å². The zero-order valence-electron chi connectivity index (χ0n) is 11.5. The highest BCUT2D eigenvalue weighted by Gasteiger charge is 2.34. The van der Waals surface area contributed by atoms with Gasteiger partial charge in [-0.05, 0) is 38.0 Å². The number of nitrogens with one attached hydrogen (secondary N) is 1. The monoisotopic (exact) mass is 284 g/mol. The highest BCUT2D eigenvalue weighted by Crippen LogP contribution is 2.26. The first kappa shape index (κ1) is 13.7. The molecule has 1 amide bonds. The molecule has 4 nitrogen and oxygen atoms in total. The standard InChI is InChI=1S/C14H24N2O2S/c17-14(11-3-5-15-8-11)16(12-4-7-19-10-12)9-13-2-1-6-18-13/h11-13,15H,1-10H2. The van der Waals surface area contributed by atoms with Crippen LogP contribution in [0.4, 0.5) is 0 Å². The first-order chi connectivity index (χ1) is 9.34. The lowest BCUT2D eigenvalue weighted by Gasteiger charge is -2.32. The average molecular weight is 284 g/mol. The maximum atomic E-state index is 12.7. The van der Waals surface area contributed by atoms with E-state index in [9.17, 15) is 4.79 Å². The number of hydrogen-bond acceptors (Lipinski definition) is 4. The van der Waals surface area contributed by atoms with Gasteiger partial charge in [-0.3, -0.25) is 4.79 Å². The van der Waals surface area contributed by atoms with Gasteiger partial charge in [-0.25, -0.2) is 0 Å². The summed E-state index contributed by atoms with van der Waals surface area (Å²) in [5.74, 6) is 2.88. The van der Waals surface area contributed by atoms with Crippen LogP contribution in [-0.4, -0.2) is 60.7 Å². The van der Waals surface area contributed by atoms with Crippen LogP contribution >= 0.6 is 11.8 Å². The van der Waals surface area contributed by atoms with Gasteiger partial charge < -0.3 is 15.0 Å². The van der Waals surface area contributed by atoms with Gasteiger partial charge >= 0.3 is 0 Å². The first-order valence-corrected chi connectivity index (χ1v) is 8.70. The largest absolute Gasteiger partial charge is 0.376 e. The number of carbonyl (C=O) groups is 1. The molecule has 3 aliphatic rings. The highest BCUT2D eigenvalue weighted by atomic mass is 32.2. The van der Waals surface area contributed by atoms with Gasteiger partial charge in [0.05, 0.1) is 12.0 Å². The molecule has 0 bridgehead atoms. The maximum Gasteiger partial charge on any atom is 0.227 e. The molecule has 108 valence electrons. The molecular weight excluding hydrogens is 260 g/mol. The smallest absolute Gasteiger partial charge is 0.227 e. The van der Waals surface area contributed by atoms with E-state index in [2.05, 4.69) is 10.2 Å². The van der Waals surface area contributed by atoms with Crippen molar-refractivity contribution >= 4 is 17.7 Å². The average Bonchev–Trinajstić information content (AvgIpc) is 3.15. The summed E-state index contributed by atoms with van der Waals surface area (Å²) in [7, 11) is 0. The number of rotatable bonds is 4. The second kappa shape index (κ2) is 6.46. The summed E-state index contributed by atoms with van der Waals surface area (Å²) in [6, 6.07) is 0.447. The second-order valence-corrected chi connectivity index (χ2v) is 6.98. The molecule has 19 heavy (non-hydrogen) atoms. The summed E-state index contributed by atoms with van der Waals surface area (Å²) >= 11 is 1.98. The van der Waals surface area contributed by atoms with Gasteiger partial charge in [-0.1, -0.05) is 0 Å². The van der Waals surface area contributed by atoms with Gasteiger partial charge in [0.15, 0.2) is 0 Å². The molecular formula is C14H24N2O2S. The van der Waals surface area contributed by atoms with Crippen molar-refractivity contribution < 1.29 is 9.53 Å². The Hall–Kier alpha value is -0.260. The van der Waals surface area contributed by atoms with Crippen LogP contribution in [-0.2, 0) is 9.53 Å². The lowest BCUT2D eigenvalue weighted by atomic mass is 10.0. The molecule has 0 aromatic carbocycles. The third-order valence-electron chi connectivity index (χ3n) is 4.46. The normalized spacial score (nSPS) is 34.8. The van der Waals surface area contributed by atoms with E-state index in [1.807, 2.05) is 11.8 Å². The number of amides is 1. The molecule has 0 aromatic heterocycles. The molecule has 3 heterocycles. The number of ether oxygens (including phenoxy) is 1. The number of thioether (sulfide) groups is 1. The molecule has 0 spiro atoms. The first-order valence-electron chi connectivity index (χ1n) is 7.55. The van der Waals surface area contributed by atoms with Crippen LogP contribution in [0.1, 0.15) is 25.7 Å². The Morgan fingerprint density at radius 2 is 2.32 bits per heavy atom. The molecule has 0 radical (unpaired) electrons. The summed E-state index contributed by atoms with van der Waals surface area (Å²) < 4.78 is 5.74. The predicted molar refractivity (Wildman–Crippen MR) is 77.4 cm³/mol. The Labute approximate surface area is 119 Å². The van der Waals surface area contributed by atoms with Gasteiger partial charge in [0.1, 0.15) is 0 Å². The summed E-state index contributed by atoms with van der Waals surface area (Å²) in [6.07, 6.45) is 4.71. The molecule has 0 aromatic rings. The zero-order valence-corrected chi connectivity index (χ0v) is 12.3. The molecule has 3 rings (SSSR count). The lowest BCUT2D eigenvalue weighted by molar-refractivity contribution is -0.138. The van der Waals surface area contributed by atoms with E-state index in [4.69, 9.17) is 4.74 Å². The van der Waals surface area contributed by atoms with Crippen LogP contribution in [0.2, 0.25) is 0 Å². The maximum absolute atomic E-state index is 12.7. The van der Waals surface area contributed by atoms with Crippen molar-refractivity contribution in [3.8, 4) is 0 Å². The minimum absolute atomic E-state index is 0.201. The summed E-state index contributed by atoms with van der Waals surface area (Å²) in [5, 5.41) is 3.31. The Bertz CT molecular complexity index is 309. The van der Waals surface area contributed by atoms with Crippen molar-refractivity contribution in [3.05, 3.63) is 0 Å². The van der Waals surface area contributed by atoms with Crippen molar-refractivity contribution in [3.63, 3.8) is 0 Å². The van der Waals surface area contributed by atoms with E-state index in [0.717, 1.165) is 57.7 Å². The minimum Gasteiger partial charge on any atom is -0.376 e. The van der Waals surface area contributed by atoms with Crippen LogP contribution in [0, 0.1) is 5.92 Å². The highest BCUT2D eigenvalue weighted by molar-refractivity contribution is 7.99. The van der Waals surface area contributed by atoms with E-state index in [-0.39, 0.29) is 12.0 Å². The van der Waals surface area contributed by atoms with Gasteiger partial charge in [-0.2, -0.15) is 11.8 Å². The van der Waals surface area contributed by atoms with Crippen LogP contribution < -0.4 is 5.32 Å². The van der Waals surface area contributed by atoms with Crippen molar-refractivity contribution in [1.82, 2.24) is 10.2 Å². The Balaban J connectivity index is 1.65. The van der Waals surface area contributed by atoms with Crippen LogP contribution in [0.3, 0.4) is 0 Å². The Morgan fingerprint density at radius 3 is 2.95 bits per heavy atom. The molecule has 0 saturated carbocycles. The molecule has 3 saturated heterocycles. The lowest BCUT2D eigenvalue weighted by Crippen LogP contribution is -2.47. The minimum atomic E-state index is 0.201. The van der Waals surface area contributed by atoms with Gasteiger partial charge in [0, 0.05) is 31.5 Å². The number of carbonyl (C=O) groups excluding carboxylic acids is 1. The fraction of sp³-hybridized carbons (Fsp3) is 0.929. The van der Waals surface area contributed by atoms with E-state index in [0.29, 0.717) is 11.9 Å². The van der Waals surface area contributed by atoms with Gasteiger partial charge in [0.25, 0.3) is 0 Å². The van der Waals surface area contributed by atoms with Gasteiger partial charge in [0.2, 0.25) is 5.91 Å². The van der Waals surface area contributed by atoms with E-state index >= 15 is 0 Å². The third kappa shape index (κ3) is 3.26. The molecule has 5 heteroatoms. The van der Waals surface area contributed by atoms with Crippen molar-refractivity contribution in [2.45, 2.75) is 37.8 Å². The topological polar surface area (TPSA) is 41.6 Å². The quantitative estimate of drug-likeness (QED) is 0.840. The Morgan fingerprint density at radius 1 is 1.37 bits per heavy atom. The van der Waals surface area contributed by atoms with Crippen LogP contribution in [0.25, 0.3) is 0 Å². The third-order valence-corrected chi connectivity index (χ3v) is 5.61. The van der Waals surface area contributed by atoms with Crippen molar-refractivity contribution in [2.75, 3.05) is 37.7 Å². The second-order valence-electron chi connectivity index (χ2n) is 5.83. The van der Waals surface area contributed by atoms with E-state index < -0.39 is 0 Å². The molecule has 3 unspecified atom stereocenters. The Kier molecular flexibility index (Phi) is 4.66. The van der Waals surface area contributed by atoms with Gasteiger partial charge in [-0.15, -0.1) is 0 Å². The summed E-state index contributed by atoms with van der Waals surface area (Å²) in [5.41, 5.74) is 0. The molecule has 1 N–H and O–H groups in total. The van der Waals surface area contributed by atoms with Crippen molar-refractivity contribution in [2.24, 2.45) is 5.92 Å². The van der Waals surface area contributed by atoms with Crippen LogP contribution in [0.15, 0.2) is 0 Å². The van der Waals surface area contributed by atoms with E-state index in [1.165, 1.54) is 5.75 Å². The molecule has 0 aliphatic carbocycles. The molecule has 3 fully saturated rings. The molecule has 3 atom stereocenters. The zero-order chi connectivity index (χ0) is 13.1. The molecule has 3 aliphatic heterocycles. The van der Waals surface area contributed by atoms with Crippen LogP contribution in [0.5, 0.6) is 0 Å². The van der Waals surface area contributed by atoms with E-state index in [1.54, 1.807) is 0 Å². The predicted octanol–water partition coefficient (Wildman–Crippen LogP) is 1.11. The summed E-state index contributed by atoms with van der Waals surface area (Å²) in [4.78, 5) is 14.9. The SMILES string of the molecule is O=C(C1CCNC1)N(CC1CCCO1)C1CCSC1. The fourth-order valence-electron chi connectivity index (χ4n) is 3.29. The fourth-order valence-corrected chi connectivity index (χ4v) is 4.52.